The predicted molar refractivity (Wildman–Crippen MR) is 106 cm³/mol. The van der Waals surface area contributed by atoms with Crippen LogP contribution in [0, 0.1) is 0 Å². The van der Waals surface area contributed by atoms with Gasteiger partial charge in [-0.15, -0.1) is 10.2 Å². The highest BCUT2D eigenvalue weighted by Gasteiger charge is 2.11. The van der Waals surface area contributed by atoms with E-state index in [2.05, 4.69) is 25.5 Å². The highest BCUT2D eigenvalue weighted by Crippen LogP contribution is 2.21. The van der Waals surface area contributed by atoms with Crippen molar-refractivity contribution in [3.05, 3.63) is 59.6 Å². The van der Waals surface area contributed by atoms with E-state index in [1.165, 1.54) is 23.1 Å². The molecule has 9 heteroatoms. The number of fused-ring (bicyclic) bond motifs is 1. The fraction of sp³-hybridized carbons (Fsp3) is 0.111. The van der Waals surface area contributed by atoms with Gasteiger partial charge in [0.2, 0.25) is 11.0 Å². The number of hydrogen-bond donors (Lipinski definition) is 2. The number of aromatic amines is 1. The van der Waals surface area contributed by atoms with E-state index in [-0.39, 0.29) is 11.7 Å². The maximum Gasteiger partial charge on any atom is 0.236 e. The summed E-state index contributed by atoms with van der Waals surface area (Å²) < 4.78 is 5.62. The lowest BCUT2D eigenvalue weighted by atomic mass is 10.3. The average molecular weight is 397 g/mol. The van der Waals surface area contributed by atoms with Gasteiger partial charge in [0, 0.05) is 0 Å². The first-order chi connectivity index (χ1) is 13.3. The Morgan fingerprint density at radius 2 is 1.93 bits per heavy atom. The van der Waals surface area contributed by atoms with Gasteiger partial charge >= 0.3 is 0 Å². The van der Waals surface area contributed by atoms with Crippen LogP contribution in [-0.4, -0.2) is 31.8 Å². The summed E-state index contributed by atoms with van der Waals surface area (Å²) in [6.07, 6.45) is 0. The molecule has 4 aromatic rings. The minimum absolute atomic E-state index is 0.160. The number of nitrogens with one attached hydrogen (secondary N) is 2. The van der Waals surface area contributed by atoms with Gasteiger partial charge < -0.3 is 9.72 Å². The van der Waals surface area contributed by atoms with Crippen molar-refractivity contribution in [2.24, 2.45) is 0 Å². The van der Waals surface area contributed by atoms with Gasteiger partial charge in [0.25, 0.3) is 0 Å². The number of ether oxygens (including phenoxy) is 1. The Morgan fingerprint density at radius 3 is 2.78 bits per heavy atom. The standard InChI is InChI=1S/C18H15N5O2S2/c24-15(11-26-17-19-13-8-4-5-9-14(13)20-17)21-18-23-22-16(27-18)10-25-12-6-2-1-3-7-12/h1-9H,10-11H2,(H,19,20)(H,21,23,24). The first kappa shape index (κ1) is 17.5. The molecule has 0 unspecified atom stereocenters. The Hall–Kier alpha value is -2.91. The molecule has 136 valence electrons. The Morgan fingerprint density at radius 1 is 1.11 bits per heavy atom. The van der Waals surface area contributed by atoms with Gasteiger partial charge in [-0.25, -0.2) is 4.98 Å². The molecular formula is C18H15N5O2S2. The minimum Gasteiger partial charge on any atom is -0.486 e. The number of aromatic nitrogens is 4. The molecule has 0 radical (unpaired) electrons. The molecule has 1 amide bonds. The topological polar surface area (TPSA) is 92.8 Å². The summed E-state index contributed by atoms with van der Waals surface area (Å²) in [7, 11) is 0. The van der Waals surface area contributed by atoms with E-state index in [0.29, 0.717) is 21.9 Å². The fourth-order valence-electron chi connectivity index (χ4n) is 2.31. The molecule has 0 saturated heterocycles. The van der Waals surface area contributed by atoms with Crippen LogP contribution in [0.2, 0.25) is 0 Å². The zero-order chi connectivity index (χ0) is 18.5. The number of rotatable bonds is 7. The lowest BCUT2D eigenvalue weighted by Gasteiger charge is -2.02. The second-order valence-electron chi connectivity index (χ2n) is 5.50. The van der Waals surface area contributed by atoms with Crippen molar-refractivity contribution in [1.29, 1.82) is 0 Å². The third kappa shape index (κ3) is 4.63. The average Bonchev–Trinajstić information content (AvgIpc) is 3.32. The molecule has 0 fully saturated rings. The fourth-order valence-corrected chi connectivity index (χ4v) is 3.67. The van der Waals surface area contributed by atoms with Crippen LogP contribution in [0.15, 0.2) is 59.8 Å². The number of imidazole rings is 1. The number of benzene rings is 2. The number of carbonyl (C=O) groups excluding carboxylic acids is 1. The van der Waals surface area contributed by atoms with Crippen LogP contribution in [0.3, 0.4) is 0 Å². The van der Waals surface area contributed by atoms with E-state index in [1.54, 1.807) is 0 Å². The third-order valence-corrected chi connectivity index (χ3v) is 5.21. The molecule has 0 aliphatic rings. The molecule has 27 heavy (non-hydrogen) atoms. The number of amides is 1. The number of nitrogens with zero attached hydrogens (tertiary/aromatic N) is 3. The Labute approximate surface area is 163 Å². The minimum atomic E-state index is -0.160. The smallest absolute Gasteiger partial charge is 0.236 e. The van der Waals surface area contributed by atoms with Crippen LogP contribution in [0.5, 0.6) is 5.75 Å². The predicted octanol–water partition coefficient (Wildman–Crippen LogP) is 3.72. The van der Waals surface area contributed by atoms with Crippen molar-refractivity contribution in [2.75, 3.05) is 11.1 Å². The van der Waals surface area contributed by atoms with Crippen LogP contribution in [0.4, 0.5) is 5.13 Å². The van der Waals surface area contributed by atoms with Crippen LogP contribution in [-0.2, 0) is 11.4 Å². The van der Waals surface area contributed by atoms with Crippen LogP contribution >= 0.6 is 23.1 Å². The second kappa shape index (κ2) is 8.19. The monoisotopic (exact) mass is 397 g/mol. The normalized spacial score (nSPS) is 10.8. The molecule has 0 bridgehead atoms. The Bertz CT molecular complexity index is 1020. The van der Waals surface area contributed by atoms with Crippen LogP contribution < -0.4 is 10.1 Å². The van der Waals surface area contributed by atoms with Crippen molar-refractivity contribution in [1.82, 2.24) is 20.2 Å². The summed E-state index contributed by atoms with van der Waals surface area (Å²) in [6.45, 7) is 0.311. The summed E-state index contributed by atoms with van der Waals surface area (Å²) in [5.74, 6) is 0.836. The maximum atomic E-state index is 12.1. The molecule has 0 aliphatic heterocycles. The van der Waals surface area contributed by atoms with Gasteiger partial charge in [-0.05, 0) is 24.3 Å². The number of carbonyl (C=O) groups is 1. The molecule has 0 atom stereocenters. The van der Waals surface area contributed by atoms with E-state index in [4.69, 9.17) is 4.74 Å². The molecule has 7 nitrogen and oxygen atoms in total. The maximum absolute atomic E-state index is 12.1. The van der Waals surface area contributed by atoms with Crippen molar-refractivity contribution in [3.8, 4) is 5.75 Å². The van der Waals surface area contributed by atoms with Gasteiger partial charge in [0.15, 0.2) is 10.2 Å². The van der Waals surface area contributed by atoms with Gasteiger partial charge in [0.1, 0.15) is 12.4 Å². The quantitative estimate of drug-likeness (QED) is 0.462. The van der Waals surface area contributed by atoms with Crippen molar-refractivity contribution < 1.29 is 9.53 Å². The van der Waals surface area contributed by atoms with E-state index in [9.17, 15) is 4.79 Å². The molecule has 2 N–H and O–H groups in total. The number of H-pyrrole nitrogens is 1. The summed E-state index contributed by atoms with van der Waals surface area (Å²) >= 11 is 2.63. The molecule has 4 rings (SSSR count). The highest BCUT2D eigenvalue weighted by molar-refractivity contribution is 7.99. The van der Waals surface area contributed by atoms with Gasteiger partial charge in [-0.1, -0.05) is 53.4 Å². The summed E-state index contributed by atoms with van der Waals surface area (Å²) in [4.78, 5) is 19.7. The largest absolute Gasteiger partial charge is 0.486 e. The van der Waals surface area contributed by atoms with E-state index >= 15 is 0 Å². The number of thioether (sulfide) groups is 1. The van der Waals surface area contributed by atoms with Crippen LogP contribution in [0.25, 0.3) is 11.0 Å². The summed E-state index contributed by atoms with van der Waals surface area (Å²) in [5.41, 5.74) is 1.83. The Balaban J connectivity index is 1.27. The lowest BCUT2D eigenvalue weighted by molar-refractivity contribution is -0.113. The number of anilines is 1. The molecule has 0 spiro atoms. The number of hydrogen-bond acceptors (Lipinski definition) is 7. The molecule has 0 saturated carbocycles. The lowest BCUT2D eigenvalue weighted by Crippen LogP contribution is -2.13. The molecule has 2 aromatic carbocycles. The van der Waals surface area contributed by atoms with Crippen molar-refractivity contribution in [3.63, 3.8) is 0 Å². The molecule has 2 heterocycles. The highest BCUT2D eigenvalue weighted by atomic mass is 32.2. The Kier molecular flexibility index (Phi) is 5.31. The summed E-state index contributed by atoms with van der Waals surface area (Å²) in [6, 6.07) is 17.2. The SMILES string of the molecule is O=C(CSc1nc2ccccc2[nH]1)Nc1nnc(COc2ccccc2)s1. The third-order valence-electron chi connectivity index (χ3n) is 3.53. The van der Waals surface area contributed by atoms with E-state index in [1.807, 2.05) is 54.6 Å². The zero-order valence-corrected chi connectivity index (χ0v) is 15.7. The summed E-state index contributed by atoms with van der Waals surface area (Å²) in [5, 5.41) is 12.6. The second-order valence-corrected chi connectivity index (χ2v) is 7.52. The zero-order valence-electron chi connectivity index (χ0n) is 14.1. The molecular weight excluding hydrogens is 382 g/mol. The van der Waals surface area contributed by atoms with E-state index < -0.39 is 0 Å². The van der Waals surface area contributed by atoms with Crippen molar-refractivity contribution in [2.45, 2.75) is 11.8 Å². The van der Waals surface area contributed by atoms with Gasteiger partial charge in [0.05, 0.1) is 16.8 Å². The first-order valence-corrected chi connectivity index (χ1v) is 9.94. The molecule has 0 aliphatic carbocycles. The number of para-hydroxylation sites is 3. The first-order valence-electron chi connectivity index (χ1n) is 8.14. The van der Waals surface area contributed by atoms with Crippen molar-refractivity contribution >= 4 is 45.2 Å². The molecule has 2 aromatic heterocycles. The van der Waals surface area contributed by atoms with Gasteiger partial charge in [-0.2, -0.15) is 0 Å². The van der Waals surface area contributed by atoms with Gasteiger partial charge in [-0.3, -0.25) is 10.1 Å². The van der Waals surface area contributed by atoms with Crippen LogP contribution in [0.1, 0.15) is 5.01 Å². The van der Waals surface area contributed by atoms with E-state index in [0.717, 1.165) is 16.8 Å².